The summed E-state index contributed by atoms with van der Waals surface area (Å²) in [7, 11) is 0. The van der Waals surface area contributed by atoms with Crippen LogP contribution >= 0.6 is 11.6 Å². The minimum Gasteiger partial charge on any atom is -0.377 e. The van der Waals surface area contributed by atoms with Crippen molar-refractivity contribution in [1.82, 2.24) is 0 Å². The fraction of sp³-hybridized carbons (Fsp3) is 0.536. The smallest absolute Gasteiger partial charge is 0.155 e. The first kappa shape index (κ1) is 20.6. The van der Waals surface area contributed by atoms with E-state index in [1.807, 2.05) is 18.2 Å². The van der Waals surface area contributed by atoms with Crippen LogP contribution in [0.5, 0.6) is 0 Å². The Hall–Kier alpha value is -2.04. The van der Waals surface area contributed by atoms with Crippen molar-refractivity contribution in [3.05, 3.63) is 47.0 Å². The van der Waals surface area contributed by atoms with Gasteiger partial charge in [-0.15, -0.1) is 6.42 Å². The zero-order valence-corrected chi connectivity index (χ0v) is 19.0. The van der Waals surface area contributed by atoms with E-state index in [1.54, 1.807) is 0 Å². The lowest BCUT2D eigenvalue weighted by molar-refractivity contribution is -0.115. The number of carbonyl (C=O) groups is 1. The van der Waals surface area contributed by atoms with Crippen LogP contribution in [0.1, 0.15) is 68.9 Å². The molecule has 0 amide bonds. The molecular weight excluding hydrogens is 420 g/mol. The Bertz CT molecular complexity index is 1150. The predicted molar refractivity (Wildman–Crippen MR) is 123 cm³/mol. The van der Waals surface area contributed by atoms with E-state index in [1.165, 1.54) is 11.1 Å². The van der Waals surface area contributed by atoms with Crippen LogP contribution in [-0.4, -0.2) is 27.7 Å². The van der Waals surface area contributed by atoms with E-state index >= 15 is 0 Å². The van der Waals surface area contributed by atoms with Gasteiger partial charge in [0.1, 0.15) is 16.8 Å². The average Bonchev–Trinajstić information content (AvgIpc) is 3.40. The second-order valence-electron chi connectivity index (χ2n) is 10.7. The maximum absolute atomic E-state index is 12.2. The normalized spacial score (nSPS) is 45.8. The number of hydrogen-bond acceptors (Lipinski definition) is 3. The third-order valence-corrected chi connectivity index (χ3v) is 9.83. The van der Waals surface area contributed by atoms with E-state index in [-0.39, 0.29) is 28.3 Å². The Kier molecular flexibility index (Phi) is 4.18. The molecule has 5 aliphatic rings. The second-order valence-corrected chi connectivity index (χ2v) is 10.9. The van der Waals surface area contributed by atoms with Gasteiger partial charge in [-0.3, -0.25) is 4.79 Å². The Morgan fingerprint density at radius 3 is 2.66 bits per heavy atom. The zero-order valence-electron chi connectivity index (χ0n) is 18.3. The number of benzene rings is 1. The van der Waals surface area contributed by atoms with E-state index in [4.69, 9.17) is 22.8 Å². The minimum atomic E-state index is -1.10. The molecule has 7 atom stereocenters. The first-order valence-corrected chi connectivity index (χ1v) is 12.1. The van der Waals surface area contributed by atoms with Crippen LogP contribution in [0.2, 0.25) is 0 Å². The summed E-state index contributed by atoms with van der Waals surface area (Å²) in [6.45, 7) is 2.20. The highest BCUT2D eigenvalue weighted by Gasteiger charge is 2.83. The number of terminal acetylenes is 1. The molecule has 0 radical (unpaired) electrons. The summed E-state index contributed by atoms with van der Waals surface area (Å²) >= 11 is 5.82. The predicted octanol–water partition coefficient (Wildman–Crippen LogP) is 4.71. The second kappa shape index (κ2) is 6.51. The molecule has 4 fully saturated rings. The summed E-state index contributed by atoms with van der Waals surface area (Å²) in [6, 6.07) is 8.23. The number of ketones is 1. The van der Waals surface area contributed by atoms with E-state index < -0.39 is 5.60 Å². The van der Waals surface area contributed by atoms with Crippen molar-refractivity contribution < 1.29 is 14.6 Å². The van der Waals surface area contributed by atoms with Gasteiger partial charge in [0, 0.05) is 28.7 Å². The monoisotopic (exact) mass is 446 g/mol. The van der Waals surface area contributed by atoms with Crippen molar-refractivity contribution in [3.63, 3.8) is 0 Å². The maximum atomic E-state index is 12.2. The van der Waals surface area contributed by atoms with Crippen LogP contribution in [0.25, 0.3) is 0 Å². The average molecular weight is 447 g/mol. The number of ether oxygens (including phenoxy) is 1. The largest absolute Gasteiger partial charge is 0.377 e. The van der Waals surface area contributed by atoms with Crippen LogP contribution in [0, 0.1) is 40.9 Å². The van der Waals surface area contributed by atoms with Crippen molar-refractivity contribution >= 4 is 17.4 Å². The van der Waals surface area contributed by atoms with Crippen LogP contribution in [0.3, 0.4) is 0 Å². The number of hydrogen-bond donors (Lipinski definition) is 1. The lowest BCUT2D eigenvalue weighted by Gasteiger charge is -2.55. The summed E-state index contributed by atoms with van der Waals surface area (Å²) < 4.78 is 6.91. The van der Waals surface area contributed by atoms with Crippen molar-refractivity contribution in [2.24, 2.45) is 17.3 Å². The lowest BCUT2D eigenvalue weighted by Crippen LogP contribution is -2.58. The fourth-order valence-electron chi connectivity index (χ4n) is 8.23. The lowest BCUT2D eigenvalue weighted by atomic mass is 9.46. The van der Waals surface area contributed by atoms with Gasteiger partial charge in [-0.1, -0.05) is 30.9 Å². The summed E-state index contributed by atoms with van der Waals surface area (Å²) in [6.07, 6.45) is 13.0. The number of rotatable bonds is 1. The highest BCUT2D eigenvalue weighted by molar-refractivity contribution is 6.30. The summed E-state index contributed by atoms with van der Waals surface area (Å²) in [4.78, 5) is 12.2. The van der Waals surface area contributed by atoms with E-state index in [0.29, 0.717) is 24.7 Å². The van der Waals surface area contributed by atoms with Gasteiger partial charge in [0.25, 0.3) is 0 Å². The third-order valence-electron chi connectivity index (χ3n) is 9.73. The van der Waals surface area contributed by atoms with E-state index in [2.05, 4.69) is 36.3 Å². The minimum absolute atomic E-state index is 0.0965. The number of fused-ring (bicyclic) bond motifs is 2. The molecule has 3 saturated carbocycles. The molecule has 4 aliphatic carbocycles. The van der Waals surface area contributed by atoms with Gasteiger partial charge < -0.3 is 9.84 Å². The summed E-state index contributed by atoms with van der Waals surface area (Å²) in [5, 5.41) is 14.2. The Labute approximate surface area is 194 Å². The van der Waals surface area contributed by atoms with E-state index in [9.17, 15) is 9.90 Å². The van der Waals surface area contributed by atoms with Crippen LogP contribution in [0.4, 0.5) is 0 Å². The molecule has 0 unspecified atom stereocenters. The Balaban J connectivity index is 1.52. The molecule has 164 valence electrons. The highest BCUT2D eigenvalue weighted by Crippen LogP contribution is 2.78. The number of aliphatic hydroxyl groups is 1. The highest BCUT2D eigenvalue weighted by atomic mass is 35.5. The molecule has 1 aliphatic heterocycles. The molecule has 3 nitrogen and oxygen atoms in total. The molecule has 1 N–H and O–H groups in total. The van der Waals surface area contributed by atoms with Crippen molar-refractivity contribution in [3.8, 4) is 23.6 Å². The summed E-state index contributed by atoms with van der Waals surface area (Å²) in [5.74, 6) is 6.63. The van der Waals surface area contributed by atoms with Gasteiger partial charge >= 0.3 is 0 Å². The molecule has 0 aromatic heterocycles. The van der Waals surface area contributed by atoms with Crippen molar-refractivity contribution in [1.29, 1.82) is 0 Å². The topological polar surface area (TPSA) is 49.8 Å². The SMILES string of the molecule is C#Cc1ccc([C@H]2C[C@@]3(C)[C@@H](CC[C@@]3(O)C#CCl)[C@@H]3CCC4=CC(=O)CC[C@]45O[C@]235)cc1. The molecular formula is C28H27ClO3. The third kappa shape index (κ3) is 2.30. The molecule has 1 aromatic rings. The molecule has 1 heterocycles. The van der Waals surface area contributed by atoms with Gasteiger partial charge in [0.05, 0.1) is 0 Å². The number of halogens is 1. The molecule has 1 saturated heterocycles. The molecule has 32 heavy (non-hydrogen) atoms. The van der Waals surface area contributed by atoms with E-state index in [0.717, 1.165) is 37.7 Å². The van der Waals surface area contributed by atoms with Gasteiger partial charge in [0.2, 0.25) is 0 Å². The standard InChI is InChI=1S/C28H27ClO3/c1-3-18-4-6-19(7-5-18)24-17-25(2)22(11-12-26(25,31)14-15-29)23-9-8-20-16-21(30)10-13-27(20)28(23,24)32-27/h1,4-7,16,22-24,31H,8-13,17H2,2H3/t22-,23-,24+,25-,26+,27-,28-/m0/s1. The molecule has 6 rings (SSSR count). The molecule has 2 spiro atoms. The molecule has 4 heteroatoms. The quantitative estimate of drug-likeness (QED) is 0.502. The van der Waals surface area contributed by atoms with Crippen LogP contribution in [-0.2, 0) is 9.53 Å². The van der Waals surface area contributed by atoms with Gasteiger partial charge in [-0.2, -0.15) is 0 Å². The number of epoxide rings is 1. The Morgan fingerprint density at radius 1 is 1.16 bits per heavy atom. The van der Waals surface area contributed by atoms with Crippen LogP contribution < -0.4 is 0 Å². The Morgan fingerprint density at radius 2 is 1.94 bits per heavy atom. The van der Waals surface area contributed by atoms with Crippen molar-refractivity contribution in [2.45, 2.75) is 74.6 Å². The van der Waals surface area contributed by atoms with Gasteiger partial charge in [0.15, 0.2) is 5.78 Å². The van der Waals surface area contributed by atoms with Gasteiger partial charge in [-0.25, -0.2) is 0 Å². The number of carbonyl (C=O) groups excluding carboxylic acids is 1. The molecule has 0 bridgehead atoms. The summed E-state index contributed by atoms with van der Waals surface area (Å²) in [5.41, 5.74) is 1.10. The van der Waals surface area contributed by atoms with Crippen LogP contribution in [0.15, 0.2) is 35.9 Å². The zero-order chi connectivity index (χ0) is 22.4. The van der Waals surface area contributed by atoms with Gasteiger partial charge in [-0.05, 0) is 91.3 Å². The molecule has 1 aromatic carbocycles. The first-order valence-electron chi connectivity index (χ1n) is 11.7. The fourth-order valence-corrected chi connectivity index (χ4v) is 8.39. The maximum Gasteiger partial charge on any atom is 0.155 e. The van der Waals surface area contributed by atoms with Crippen molar-refractivity contribution in [2.75, 3.05) is 0 Å². The first-order chi connectivity index (χ1) is 15.3.